The van der Waals surface area contributed by atoms with Crippen molar-refractivity contribution in [3.63, 3.8) is 0 Å². The van der Waals surface area contributed by atoms with Gasteiger partial charge >= 0.3 is 0 Å². The van der Waals surface area contributed by atoms with Gasteiger partial charge in [0.05, 0.1) is 7.11 Å². The maximum Gasteiger partial charge on any atom is 0.126 e. The number of fused-ring (bicyclic) bond motifs is 1. The third-order valence-corrected chi connectivity index (χ3v) is 3.24. The number of ether oxygens (including phenoxy) is 1. The second-order valence-corrected chi connectivity index (χ2v) is 5.28. The molecule has 1 aliphatic rings. The van der Waals surface area contributed by atoms with E-state index >= 15 is 0 Å². The molecule has 0 unspecified atom stereocenters. The van der Waals surface area contributed by atoms with E-state index in [9.17, 15) is 0 Å². The molecule has 2 rings (SSSR count). The molecule has 2 heterocycles. The van der Waals surface area contributed by atoms with Gasteiger partial charge in [0.15, 0.2) is 0 Å². The van der Waals surface area contributed by atoms with E-state index in [1.54, 1.807) is 7.11 Å². The largest absolute Gasteiger partial charge is 0.496 e. The Kier molecular flexibility index (Phi) is 2.89. The molecule has 1 aliphatic heterocycles. The second-order valence-electron chi connectivity index (χ2n) is 5.28. The Hall–Kier alpha value is -1.09. The lowest BCUT2D eigenvalue weighted by Crippen LogP contribution is -2.44. The molecule has 0 N–H and O–H groups in total. The summed E-state index contributed by atoms with van der Waals surface area (Å²) in [5, 5.41) is 0. The van der Waals surface area contributed by atoms with Gasteiger partial charge in [0.1, 0.15) is 5.75 Å². The molecule has 0 saturated carbocycles. The number of pyridine rings is 1. The lowest BCUT2D eigenvalue weighted by Gasteiger charge is -2.39. The quantitative estimate of drug-likeness (QED) is 0.726. The Balaban J connectivity index is 2.31. The van der Waals surface area contributed by atoms with Gasteiger partial charge in [0, 0.05) is 42.5 Å². The van der Waals surface area contributed by atoms with E-state index in [1.165, 1.54) is 11.3 Å². The summed E-state index contributed by atoms with van der Waals surface area (Å²) in [6.07, 6.45) is 2.86. The van der Waals surface area contributed by atoms with Crippen LogP contribution in [0.25, 0.3) is 0 Å². The molecule has 0 saturated heterocycles. The molecule has 0 radical (unpaired) electrons. The minimum absolute atomic E-state index is 0.207. The number of methoxy groups -OCH3 is 1. The SMILES string of the molecule is COc1ccnc2c1CN(C(C)(C)C)CC2. The zero-order valence-electron chi connectivity index (χ0n) is 10.6. The first-order valence-corrected chi connectivity index (χ1v) is 5.78. The zero-order valence-corrected chi connectivity index (χ0v) is 10.6. The molecule has 1 aromatic heterocycles. The number of hydrogen-bond acceptors (Lipinski definition) is 3. The number of hydrogen-bond donors (Lipinski definition) is 0. The average molecular weight is 220 g/mol. The summed E-state index contributed by atoms with van der Waals surface area (Å²) in [5.41, 5.74) is 2.66. The first-order chi connectivity index (χ1) is 7.52. The maximum absolute atomic E-state index is 5.41. The highest BCUT2D eigenvalue weighted by molar-refractivity contribution is 5.37. The fraction of sp³-hybridized carbons (Fsp3) is 0.615. The highest BCUT2D eigenvalue weighted by Crippen LogP contribution is 2.29. The summed E-state index contributed by atoms with van der Waals surface area (Å²) in [4.78, 5) is 6.91. The molecule has 3 nitrogen and oxygen atoms in total. The van der Waals surface area contributed by atoms with Crippen molar-refractivity contribution in [2.45, 2.75) is 39.3 Å². The van der Waals surface area contributed by atoms with Crippen LogP contribution in [0.5, 0.6) is 5.75 Å². The monoisotopic (exact) mass is 220 g/mol. The highest BCUT2D eigenvalue weighted by Gasteiger charge is 2.27. The summed E-state index contributed by atoms with van der Waals surface area (Å²) in [6, 6.07) is 1.95. The van der Waals surface area contributed by atoms with Crippen LogP contribution in [0, 0.1) is 0 Å². The molecule has 3 heteroatoms. The maximum atomic E-state index is 5.41. The minimum atomic E-state index is 0.207. The predicted molar refractivity (Wildman–Crippen MR) is 64.7 cm³/mol. The van der Waals surface area contributed by atoms with E-state index in [4.69, 9.17) is 4.74 Å². The van der Waals surface area contributed by atoms with E-state index in [-0.39, 0.29) is 5.54 Å². The van der Waals surface area contributed by atoms with Crippen LogP contribution in [0.1, 0.15) is 32.0 Å². The number of nitrogens with zero attached hydrogens (tertiary/aromatic N) is 2. The Morgan fingerprint density at radius 1 is 1.38 bits per heavy atom. The summed E-state index contributed by atoms with van der Waals surface area (Å²) in [5.74, 6) is 0.971. The third kappa shape index (κ3) is 2.05. The van der Waals surface area contributed by atoms with E-state index in [2.05, 4.69) is 30.7 Å². The summed E-state index contributed by atoms with van der Waals surface area (Å²) in [6.45, 7) is 8.77. The van der Waals surface area contributed by atoms with Crippen LogP contribution in [0.15, 0.2) is 12.3 Å². The molecule has 0 fully saturated rings. The Bertz CT molecular complexity index is 368. The average Bonchev–Trinajstić information content (AvgIpc) is 2.26. The molecule has 0 atom stereocenters. The van der Waals surface area contributed by atoms with Crippen LogP contribution in [0.2, 0.25) is 0 Å². The fourth-order valence-corrected chi connectivity index (χ4v) is 2.17. The lowest BCUT2D eigenvalue weighted by atomic mass is 9.98. The molecular formula is C13H20N2O. The van der Waals surface area contributed by atoms with Gasteiger partial charge in [0.2, 0.25) is 0 Å². The first-order valence-electron chi connectivity index (χ1n) is 5.78. The summed E-state index contributed by atoms with van der Waals surface area (Å²) < 4.78 is 5.41. The van der Waals surface area contributed by atoms with Crippen molar-refractivity contribution < 1.29 is 4.74 Å². The Labute approximate surface area is 97.4 Å². The van der Waals surface area contributed by atoms with Gasteiger partial charge in [0.25, 0.3) is 0 Å². The molecule has 16 heavy (non-hydrogen) atoms. The van der Waals surface area contributed by atoms with Gasteiger partial charge in [-0.15, -0.1) is 0 Å². The number of aromatic nitrogens is 1. The van der Waals surface area contributed by atoms with Crippen molar-refractivity contribution in [2.24, 2.45) is 0 Å². The van der Waals surface area contributed by atoms with Crippen molar-refractivity contribution >= 4 is 0 Å². The van der Waals surface area contributed by atoms with E-state index < -0.39 is 0 Å². The molecule has 0 bridgehead atoms. The molecule has 0 aromatic carbocycles. The van der Waals surface area contributed by atoms with E-state index in [0.717, 1.165) is 25.3 Å². The van der Waals surface area contributed by atoms with Crippen molar-refractivity contribution in [3.8, 4) is 5.75 Å². The van der Waals surface area contributed by atoms with Crippen molar-refractivity contribution in [1.29, 1.82) is 0 Å². The van der Waals surface area contributed by atoms with Crippen LogP contribution in [0.3, 0.4) is 0 Å². The number of rotatable bonds is 1. The third-order valence-electron chi connectivity index (χ3n) is 3.24. The Morgan fingerprint density at radius 3 is 2.75 bits per heavy atom. The van der Waals surface area contributed by atoms with Crippen molar-refractivity contribution in [1.82, 2.24) is 9.88 Å². The standard InChI is InChI=1S/C13H20N2O/c1-13(2,3)15-8-6-11-10(9-15)12(16-4)5-7-14-11/h5,7H,6,8-9H2,1-4H3. The van der Waals surface area contributed by atoms with Gasteiger partial charge in [-0.25, -0.2) is 0 Å². The molecule has 1 aromatic rings. The van der Waals surface area contributed by atoms with Gasteiger partial charge in [-0.1, -0.05) is 0 Å². The molecule has 0 amide bonds. The lowest BCUT2D eigenvalue weighted by molar-refractivity contribution is 0.118. The first kappa shape index (κ1) is 11.4. The molecular weight excluding hydrogens is 200 g/mol. The smallest absolute Gasteiger partial charge is 0.126 e. The fourth-order valence-electron chi connectivity index (χ4n) is 2.17. The van der Waals surface area contributed by atoms with Crippen LogP contribution >= 0.6 is 0 Å². The minimum Gasteiger partial charge on any atom is -0.496 e. The van der Waals surface area contributed by atoms with Gasteiger partial charge in [-0.05, 0) is 26.8 Å². The van der Waals surface area contributed by atoms with Crippen LogP contribution < -0.4 is 4.74 Å². The Morgan fingerprint density at radius 2 is 2.12 bits per heavy atom. The predicted octanol–water partition coefficient (Wildman–Crippen LogP) is 2.25. The normalized spacial score (nSPS) is 17.0. The topological polar surface area (TPSA) is 25.4 Å². The van der Waals surface area contributed by atoms with Crippen molar-refractivity contribution in [2.75, 3.05) is 13.7 Å². The van der Waals surface area contributed by atoms with Gasteiger partial charge in [-0.3, -0.25) is 9.88 Å². The second kappa shape index (κ2) is 4.06. The zero-order chi connectivity index (χ0) is 11.8. The van der Waals surface area contributed by atoms with Gasteiger partial charge < -0.3 is 4.74 Å². The molecule has 88 valence electrons. The molecule has 0 aliphatic carbocycles. The highest BCUT2D eigenvalue weighted by atomic mass is 16.5. The summed E-state index contributed by atoms with van der Waals surface area (Å²) in [7, 11) is 1.73. The van der Waals surface area contributed by atoms with E-state index in [0.29, 0.717) is 0 Å². The van der Waals surface area contributed by atoms with Crippen LogP contribution in [0.4, 0.5) is 0 Å². The van der Waals surface area contributed by atoms with Gasteiger partial charge in [-0.2, -0.15) is 0 Å². The molecule has 0 spiro atoms. The van der Waals surface area contributed by atoms with Crippen molar-refractivity contribution in [3.05, 3.63) is 23.5 Å². The van der Waals surface area contributed by atoms with Crippen LogP contribution in [-0.4, -0.2) is 29.1 Å². The summed E-state index contributed by atoms with van der Waals surface area (Å²) >= 11 is 0. The van der Waals surface area contributed by atoms with Crippen LogP contribution in [-0.2, 0) is 13.0 Å². The van der Waals surface area contributed by atoms with E-state index in [1.807, 2.05) is 12.3 Å².